The van der Waals surface area contributed by atoms with Gasteiger partial charge in [-0.3, -0.25) is 23.9 Å². The molecule has 3 aliphatic heterocycles. The lowest BCUT2D eigenvalue weighted by Gasteiger charge is -2.40. The highest BCUT2D eigenvalue weighted by Gasteiger charge is 2.32. The molecule has 1 aromatic carbocycles. The van der Waals surface area contributed by atoms with Crippen molar-refractivity contribution >= 4 is 46.0 Å². The summed E-state index contributed by atoms with van der Waals surface area (Å²) < 4.78 is 29.2. The molecule has 1 unspecified atom stereocenters. The van der Waals surface area contributed by atoms with Crippen LogP contribution in [0.15, 0.2) is 23.1 Å². The number of aromatic hydroxyl groups is 1. The summed E-state index contributed by atoms with van der Waals surface area (Å²) in [5, 5.41) is 13.2. The fraction of sp³-hybridized carbons (Fsp3) is 0.406. The number of ether oxygens (including phenoxy) is 2. The third-order valence-electron chi connectivity index (χ3n) is 9.20. The van der Waals surface area contributed by atoms with E-state index < -0.39 is 23.5 Å². The lowest BCUT2D eigenvalue weighted by molar-refractivity contribution is -0.116. The van der Waals surface area contributed by atoms with Gasteiger partial charge in [0.15, 0.2) is 11.5 Å². The number of pyridine rings is 1. The first kappa shape index (κ1) is 31.7. The molecule has 252 valence electrons. The molecule has 4 N–H and O–H groups in total. The number of hydrogen-bond acceptors (Lipinski definition) is 10. The van der Waals surface area contributed by atoms with Gasteiger partial charge in [0.05, 0.1) is 16.6 Å². The molecule has 3 aromatic heterocycles. The Bertz CT molecular complexity index is 2060. The average Bonchev–Trinajstić information content (AvgIpc) is 3.77. The number of halogens is 2. The minimum atomic E-state index is -0.915. The van der Waals surface area contributed by atoms with Gasteiger partial charge in [-0.2, -0.15) is 4.39 Å². The van der Waals surface area contributed by atoms with Crippen molar-refractivity contribution in [1.29, 1.82) is 0 Å². The summed E-state index contributed by atoms with van der Waals surface area (Å²) in [6.07, 6.45) is 2.11. The Morgan fingerprint density at radius 1 is 1.15 bits per heavy atom. The minimum Gasteiger partial charge on any atom is -0.504 e. The molecule has 0 radical (unpaired) electrons. The molecule has 1 saturated heterocycles. The molecule has 2 amide bonds. The minimum absolute atomic E-state index is 0.0560. The van der Waals surface area contributed by atoms with Crippen LogP contribution in [0.25, 0.3) is 22.2 Å². The molecule has 4 aromatic rings. The van der Waals surface area contributed by atoms with E-state index in [1.807, 2.05) is 18.7 Å². The average molecular weight is 681 g/mol. The topological polar surface area (TPSA) is 170 Å². The predicted octanol–water partition coefficient (Wildman–Crippen LogP) is 2.95. The van der Waals surface area contributed by atoms with E-state index in [2.05, 4.69) is 22.1 Å². The normalized spacial score (nSPS) is 18.8. The van der Waals surface area contributed by atoms with Gasteiger partial charge >= 0.3 is 0 Å². The van der Waals surface area contributed by atoms with Crippen LogP contribution < -0.4 is 31.0 Å². The first-order valence-electron chi connectivity index (χ1n) is 15.7. The fourth-order valence-corrected chi connectivity index (χ4v) is 6.98. The number of nitrogens with two attached hydrogens (primary N) is 1. The van der Waals surface area contributed by atoms with Crippen molar-refractivity contribution < 1.29 is 28.6 Å². The van der Waals surface area contributed by atoms with Crippen molar-refractivity contribution in [1.82, 2.24) is 24.0 Å². The van der Waals surface area contributed by atoms with E-state index in [1.54, 1.807) is 16.8 Å². The van der Waals surface area contributed by atoms with E-state index in [-0.39, 0.29) is 75.2 Å². The molecule has 1 fully saturated rings. The maximum Gasteiger partial charge on any atom is 0.263 e. The second kappa shape index (κ2) is 12.0. The zero-order valence-electron chi connectivity index (χ0n) is 26.5. The lowest BCUT2D eigenvalue weighted by atomic mass is 10.00. The molecule has 16 heteroatoms. The maximum absolute atomic E-state index is 15.0. The predicted molar refractivity (Wildman–Crippen MR) is 175 cm³/mol. The van der Waals surface area contributed by atoms with Crippen LogP contribution in [0.3, 0.4) is 0 Å². The number of piperazine rings is 1. The zero-order valence-corrected chi connectivity index (χ0v) is 27.3. The molecular formula is C32H34ClFN8O6. The van der Waals surface area contributed by atoms with Gasteiger partial charge in [-0.05, 0) is 25.5 Å². The van der Waals surface area contributed by atoms with Crippen LogP contribution in [0.5, 0.6) is 17.2 Å². The quantitative estimate of drug-likeness (QED) is 0.247. The van der Waals surface area contributed by atoms with Crippen LogP contribution in [0.2, 0.25) is 5.02 Å². The van der Waals surface area contributed by atoms with Gasteiger partial charge in [0.2, 0.25) is 24.4 Å². The Balaban J connectivity index is 1.28. The number of carbonyl (C=O) groups excluding carboxylic acids is 2. The molecule has 14 nitrogen and oxygen atoms in total. The van der Waals surface area contributed by atoms with E-state index >= 15 is 4.39 Å². The lowest BCUT2D eigenvalue weighted by Crippen LogP contribution is -2.52. The standard InChI is InChI=1S/C32H34ClFN8O6/c1-4-39-5-6-41(16(3)11-39)22-9-20(25(33)29(34)37-22)36-23(43)13-40-12-19(24-31(40)38-21-7-15(2)10-42(21)32(24)46)17-8-18(30(35)45)26(44)28-27(17)47-14-48-28/h8-9,12,15-16,44H,4-7,10-11,13-14H2,1-3H3,(H2,35,45)(H,36,37,43)/t15?,16-/m0/s1. The second-order valence-electron chi connectivity index (χ2n) is 12.5. The zero-order chi connectivity index (χ0) is 34.0. The Kier molecular flexibility index (Phi) is 7.90. The summed E-state index contributed by atoms with van der Waals surface area (Å²) in [5.41, 5.74) is 5.82. The maximum atomic E-state index is 15.0. The van der Waals surface area contributed by atoms with Crippen molar-refractivity contribution in [3.8, 4) is 28.4 Å². The number of aromatic nitrogens is 4. The third-order valence-corrected chi connectivity index (χ3v) is 9.56. The SMILES string of the molecule is CCN1CCN(c2cc(NC(=O)Cn3cc(-c4cc(C(N)=O)c(O)c5c4OCO5)c4c(=O)n5c(nc43)CC(C)C5)c(Cl)c(F)n2)[C@@H](C)C1. The number of hydrogen-bond donors (Lipinski definition) is 3. The van der Waals surface area contributed by atoms with Crippen LogP contribution in [0.4, 0.5) is 15.9 Å². The number of benzene rings is 1. The first-order valence-corrected chi connectivity index (χ1v) is 16.1. The van der Waals surface area contributed by atoms with Crippen LogP contribution in [0.1, 0.15) is 37.0 Å². The number of amides is 2. The van der Waals surface area contributed by atoms with Crippen molar-refractivity contribution in [2.24, 2.45) is 11.7 Å². The van der Waals surface area contributed by atoms with E-state index in [0.717, 1.165) is 19.6 Å². The van der Waals surface area contributed by atoms with Crippen molar-refractivity contribution in [3.63, 3.8) is 0 Å². The van der Waals surface area contributed by atoms with E-state index in [1.165, 1.54) is 10.6 Å². The van der Waals surface area contributed by atoms with Crippen LogP contribution in [-0.4, -0.2) is 79.9 Å². The summed E-state index contributed by atoms with van der Waals surface area (Å²) in [6.45, 7) is 9.13. The molecule has 0 aliphatic carbocycles. The van der Waals surface area contributed by atoms with Crippen molar-refractivity contribution in [3.05, 3.63) is 51.0 Å². The summed E-state index contributed by atoms with van der Waals surface area (Å²) in [6, 6.07) is 2.94. The van der Waals surface area contributed by atoms with Gasteiger partial charge in [0.25, 0.3) is 11.5 Å². The molecule has 0 saturated carbocycles. The van der Waals surface area contributed by atoms with Gasteiger partial charge in [0, 0.05) is 62.0 Å². The van der Waals surface area contributed by atoms with Crippen LogP contribution >= 0.6 is 11.6 Å². The third kappa shape index (κ3) is 5.26. The van der Waals surface area contributed by atoms with Crippen molar-refractivity contribution in [2.75, 3.05) is 43.2 Å². The van der Waals surface area contributed by atoms with Gasteiger partial charge in [0.1, 0.15) is 28.9 Å². The largest absolute Gasteiger partial charge is 0.504 e. The molecule has 48 heavy (non-hydrogen) atoms. The first-order chi connectivity index (χ1) is 22.9. The molecule has 0 bridgehead atoms. The molecular weight excluding hydrogens is 647 g/mol. The second-order valence-corrected chi connectivity index (χ2v) is 12.9. The number of carbonyl (C=O) groups is 2. The molecule has 2 atom stereocenters. The molecule has 3 aliphatic rings. The van der Waals surface area contributed by atoms with Gasteiger partial charge < -0.3 is 35.1 Å². The number of rotatable bonds is 7. The number of fused-ring (bicyclic) bond motifs is 3. The number of likely N-dealkylation sites (N-methyl/N-ethyl adjacent to an activating group) is 1. The van der Waals surface area contributed by atoms with Crippen LogP contribution in [0, 0.1) is 11.9 Å². The monoisotopic (exact) mass is 680 g/mol. The van der Waals surface area contributed by atoms with Gasteiger partial charge in [-0.1, -0.05) is 25.4 Å². The fourth-order valence-electron chi connectivity index (χ4n) is 6.84. The summed E-state index contributed by atoms with van der Waals surface area (Å²) in [7, 11) is 0. The highest BCUT2D eigenvalue weighted by Crippen LogP contribution is 2.50. The smallest absolute Gasteiger partial charge is 0.263 e. The number of primary amides is 1. The van der Waals surface area contributed by atoms with Gasteiger partial charge in [-0.15, -0.1) is 0 Å². The Morgan fingerprint density at radius 2 is 1.92 bits per heavy atom. The molecule has 6 heterocycles. The van der Waals surface area contributed by atoms with E-state index in [0.29, 0.717) is 36.7 Å². The molecule has 0 spiro atoms. The van der Waals surface area contributed by atoms with Crippen molar-refractivity contribution in [2.45, 2.75) is 46.3 Å². The van der Waals surface area contributed by atoms with Gasteiger partial charge in [-0.25, -0.2) is 9.97 Å². The number of nitrogens with zero attached hydrogens (tertiary/aromatic N) is 6. The number of phenols is 1. The molecule has 7 rings (SSSR count). The highest BCUT2D eigenvalue weighted by atomic mass is 35.5. The van der Waals surface area contributed by atoms with Crippen LogP contribution in [-0.2, 0) is 24.3 Å². The summed E-state index contributed by atoms with van der Waals surface area (Å²) in [5.74, 6) is -1.74. The Morgan fingerprint density at radius 3 is 2.65 bits per heavy atom. The van der Waals surface area contributed by atoms with E-state index in [4.69, 9.17) is 31.8 Å². The summed E-state index contributed by atoms with van der Waals surface area (Å²) >= 11 is 6.29. The number of anilines is 2. The Labute approximate surface area is 278 Å². The summed E-state index contributed by atoms with van der Waals surface area (Å²) in [4.78, 5) is 53.0. The van der Waals surface area contributed by atoms with E-state index in [9.17, 15) is 19.5 Å². The number of nitrogens with one attached hydrogen (secondary N) is 1. The highest BCUT2D eigenvalue weighted by molar-refractivity contribution is 6.33. The Hall–Kier alpha value is -4.89.